The zero-order valence-corrected chi connectivity index (χ0v) is 9.57. The third kappa shape index (κ3) is 2.76. The van der Waals surface area contributed by atoms with Gasteiger partial charge in [0.05, 0.1) is 23.8 Å². The first-order valence-corrected chi connectivity index (χ1v) is 5.47. The molecule has 0 bridgehead atoms. The van der Waals surface area contributed by atoms with Gasteiger partial charge in [0.1, 0.15) is 5.84 Å². The molecule has 5 heteroatoms. The van der Waals surface area contributed by atoms with Crippen LogP contribution in [0.5, 0.6) is 0 Å². The second-order valence-electron chi connectivity index (χ2n) is 3.23. The molecule has 1 aromatic rings. The van der Waals surface area contributed by atoms with Crippen LogP contribution in [0.1, 0.15) is 0 Å². The SMILES string of the molecule is Clc1ccc(Cl)c(NCC2=NCCN2)c1. The first-order valence-electron chi connectivity index (χ1n) is 4.72. The molecule has 0 aliphatic carbocycles. The number of aliphatic imine (C=N–C) groups is 1. The molecular formula is C10H11Cl2N3. The van der Waals surface area contributed by atoms with Crippen LogP contribution < -0.4 is 10.6 Å². The minimum Gasteiger partial charge on any atom is -0.377 e. The van der Waals surface area contributed by atoms with Gasteiger partial charge in [-0.25, -0.2) is 0 Å². The molecule has 1 aromatic carbocycles. The summed E-state index contributed by atoms with van der Waals surface area (Å²) >= 11 is 11.9. The van der Waals surface area contributed by atoms with Gasteiger partial charge in [-0.3, -0.25) is 4.99 Å². The Hall–Kier alpha value is -0.930. The Labute approximate surface area is 98.5 Å². The van der Waals surface area contributed by atoms with E-state index in [9.17, 15) is 0 Å². The van der Waals surface area contributed by atoms with Gasteiger partial charge in [-0.05, 0) is 18.2 Å². The van der Waals surface area contributed by atoms with Crippen molar-refractivity contribution in [3.8, 4) is 0 Å². The topological polar surface area (TPSA) is 36.4 Å². The zero-order chi connectivity index (χ0) is 10.7. The number of rotatable bonds is 3. The first kappa shape index (κ1) is 10.6. The van der Waals surface area contributed by atoms with Gasteiger partial charge < -0.3 is 10.6 Å². The number of benzene rings is 1. The van der Waals surface area contributed by atoms with Crippen molar-refractivity contribution in [2.75, 3.05) is 25.0 Å². The lowest BCUT2D eigenvalue weighted by Gasteiger charge is -2.08. The lowest BCUT2D eigenvalue weighted by molar-refractivity contribution is 0.956. The zero-order valence-electron chi connectivity index (χ0n) is 8.06. The van der Waals surface area contributed by atoms with Crippen LogP contribution in [0.2, 0.25) is 10.0 Å². The van der Waals surface area contributed by atoms with Crippen molar-refractivity contribution in [2.45, 2.75) is 0 Å². The molecule has 3 nitrogen and oxygen atoms in total. The van der Waals surface area contributed by atoms with E-state index in [1.165, 1.54) is 0 Å². The van der Waals surface area contributed by atoms with Gasteiger partial charge in [0.25, 0.3) is 0 Å². The van der Waals surface area contributed by atoms with E-state index >= 15 is 0 Å². The molecule has 1 aliphatic rings. The number of hydrogen-bond donors (Lipinski definition) is 2. The highest BCUT2D eigenvalue weighted by Gasteiger charge is 2.06. The van der Waals surface area contributed by atoms with E-state index in [0.29, 0.717) is 16.6 Å². The maximum Gasteiger partial charge on any atom is 0.116 e. The van der Waals surface area contributed by atoms with Crippen molar-refractivity contribution in [1.82, 2.24) is 5.32 Å². The third-order valence-electron chi connectivity index (χ3n) is 2.12. The normalized spacial score (nSPS) is 14.7. The Morgan fingerprint density at radius 2 is 2.27 bits per heavy atom. The average Bonchev–Trinajstić information content (AvgIpc) is 2.72. The minimum absolute atomic E-state index is 0.653. The standard InChI is InChI=1S/C10H11Cl2N3/c11-7-1-2-8(12)9(5-7)15-6-10-13-3-4-14-10/h1-2,5,15H,3-4,6H2,(H,13,14). The van der Waals surface area contributed by atoms with E-state index in [1.54, 1.807) is 18.2 Å². The summed E-state index contributed by atoms with van der Waals surface area (Å²) in [6, 6.07) is 5.34. The molecule has 2 rings (SSSR count). The van der Waals surface area contributed by atoms with E-state index in [-0.39, 0.29) is 0 Å². The van der Waals surface area contributed by atoms with Gasteiger partial charge in [-0.15, -0.1) is 0 Å². The van der Waals surface area contributed by atoms with Gasteiger partial charge in [0.15, 0.2) is 0 Å². The number of nitrogens with zero attached hydrogens (tertiary/aromatic N) is 1. The average molecular weight is 244 g/mol. The fourth-order valence-electron chi connectivity index (χ4n) is 1.38. The number of hydrogen-bond acceptors (Lipinski definition) is 3. The van der Waals surface area contributed by atoms with E-state index in [2.05, 4.69) is 15.6 Å². The first-order chi connectivity index (χ1) is 7.25. The number of nitrogens with one attached hydrogen (secondary N) is 2. The van der Waals surface area contributed by atoms with Crippen molar-refractivity contribution in [1.29, 1.82) is 0 Å². The smallest absolute Gasteiger partial charge is 0.116 e. The van der Waals surface area contributed by atoms with Crippen LogP contribution >= 0.6 is 23.2 Å². The molecule has 0 radical (unpaired) electrons. The van der Waals surface area contributed by atoms with Crippen LogP contribution in [0.25, 0.3) is 0 Å². The van der Waals surface area contributed by atoms with Crippen LogP contribution in [0.3, 0.4) is 0 Å². The van der Waals surface area contributed by atoms with Gasteiger partial charge in [-0.2, -0.15) is 0 Å². The largest absolute Gasteiger partial charge is 0.377 e. The molecule has 1 aliphatic heterocycles. The lowest BCUT2D eigenvalue weighted by atomic mass is 10.3. The van der Waals surface area contributed by atoms with Crippen LogP contribution in [0.4, 0.5) is 5.69 Å². The maximum absolute atomic E-state index is 6.00. The molecule has 1 heterocycles. The Kier molecular flexibility index (Phi) is 3.34. The predicted octanol–water partition coefficient (Wildman–Crippen LogP) is 2.41. The Balaban J connectivity index is 2.00. The maximum atomic E-state index is 6.00. The summed E-state index contributed by atoms with van der Waals surface area (Å²) in [5.41, 5.74) is 0.834. The fourth-order valence-corrected chi connectivity index (χ4v) is 1.73. The highest BCUT2D eigenvalue weighted by atomic mass is 35.5. The Morgan fingerprint density at radius 3 is 3.00 bits per heavy atom. The van der Waals surface area contributed by atoms with Gasteiger partial charge in [-0.1, -0.05) is 23.2 Å². The van der Waals surface area contributed by atoms with Crippen LogP contribution in [-0.2, 0) is 0 Å². The predicted molar refractivity (Wildman–Crippen MR) is 65.3 cm³/mol. The van der Waals surface area contributed by atoms with E-state index in [0.717, 1.165) is 24.6 Å². The molecule has 0 fully saturated rings. The van der Waals surface area contributed by atoms with Crippen molar-refractivity contribution in [2.24, 2.45) is 4.99 Å². The molecule has 0 aromatic heterocycles. The van der Waals surface area contributed by atoms with Gasteiger partial charge in [0, 0.05) is 11.6 Å². The van der Waals surface area contributed by atoms with Crippen molar-refractivity contribution < 1.29 is 0 Å². The molecule has 0 saturated carbocycles. The summed E-state index contributed by atoms with van der Waals surface area (Å²) in [6.45, 7) is 2.42. The number of halogens is 2. The molecule has 0 saturated heterocycles. The molecular weight excluding hydrogens is 233 g/mol. The summed E-state index contributed by atoms with van der Waals surface area (Å²) in [7, 11) is 0. The molecule has 0 unspecified atom stereocenters. The summed E-state index contributed by atoms with van der Waals surface area (Å²) in [6.07, 6.45) is 0. The monoisotopic (exact) mass is 243 g/mol. The fraction of sp³-hybridized carbons (Fsp3) is 0.300. The van der Waals surface area contributed by atoms with E-state index in [4.69, 9.17) is 23.2 Å². The highest BCUT2D eigenvalue weighted by Crippen LogP contribution is 2.25. The van der Waals surface area contributed by atoms with Crippen LogP contribution in [-0.4, -0.2) is 25.5 Å². The Bertz CT molecular complexity index is 390. The van der Waals surface area contributed by atoms with E-state index in [1.807, 2.05) is 0 Å². The van der Waals surface area contributed by atoms with Gasteiger partial charge >= 0.3 is 0 Å². The molecule has 0 amide bonds. The Morgan fingerprint density at radius 1 is 1.40 bits per heavy atom. The van der Waals surface area contributed by atoms with Gasteiger partial charge in [0.2, 0.25) is 0 Å². The summed E-state index contributed by atoms with van der Waals surface area (Å²) in [5, 5.41) is 7.69. The quantitative estimate of drug-likeness (QED) is 0.856. The van der Waals surface area contributed by atoms with Crippen molar-refractivity contribution in [3.05, 3.63) is 28.2 Å². The molecule has 0 atom stereocenters. The lowest BCUT2D eigenvalue weighted by Crippen LogP contribution is -2.26. The second-order valence-corrected chi connectivity index (χ2v) is 4.08. The highest BCUT2D eigenvalue weighted by molar-refractivity contribution is 6.35. The minimum atomic E-state index is 0.653. The number of amidine groups is 1. The molecule has 0 spiro atoms. The molecule has 2 N–H and O–H groups in total. The summed E-state index contributed by atoms with van der Waals surface area (Å²) in [5.74, 6) is 0.964. The molecule has 15 heavy (non-hydrogen) atoms. The number of anilines is 1. The van der Waals surface area contributed by atoms with Crippen LogP contribution in [0, 0.1) is 0 Å². The van der Waals surface area contributed by atoms with E-state index < -0.39 is 0 Å². The van der Waals surface area contributed by atoms with Crippen molar-refractivity contribution in [3.63, 3.8) is 0 Å². The summed E-state index contributed by atoms with van der Waals surface area (Å²) < 4.78 is 0. The summed E-state index contributed by atoms with van der Waals surface area (Å²) in [4.78, 5) is 4.27. The third-order valence-corrected chi connectivity index (χ3v) is 2.68. The van der Waals surface area contributed by atoms with Crippen molar-refractivity contribution >= 4 is 34.7 Å². The molecule has 80 valence electrons. The second kappa shape index (κ2) is 4.73. The van der Waals surface area contributed by atoms with Crippen LogP contribution in [0.15, 0.2) is 23.2 Å².